The van der Waals surface area contributed by atoms with E-state index in [1.165, 1.54) is 23.1 Å². The van der Waals surface area contributed by atoms with Gasteiger partial charge in [0.05, 0.1) is 18.6 Å². The highest BCUT2D eigenvalue weighted by atomic mass is 35.5. The molecule has 0 spiro atoms. The standard InChI is InChI=1S/C22H20ClN5O2S2/c1-3-28-20(15-5-4-6-16(23)11-15)26-27-22(28)32-13-19(29)25-21-24-18(12-31-21)14-7-9-17(30-2)10-8-14/h4-12H,3,13H2,1-2H3,(H,24,25,29). The Kier molecular flexibility index (Phi) is 7.09. The Morgan fingerprint density at radius 1 is 1.19 bits per heavy atom. The van der Waals surface area contributed by atoms with Crippen molar-refractivity contribution in [3.63, 3.8) is 0 Å². The quantitative estimate of drug-likeness (QED) is 0.333. The Morgan fingerprint density at radius 2 is 2.00 bits per heavy atom. The molecule has 164 valence electrons. The van der Waals surface area contributed by atoms with E-state index in [2.05, 4.69) is 20.5 Å². The molecule has 4 aromatic rings. The molecule has 0 saturated carbocycles. The first-order chi connectivity index (χ1) is 15.6. The van der Waals surface area contributed by atoms with Crippen molar-refractivity contribution in [2.45, 2.75) is 18.6 Å². The van der Waals surface area contributed by atoms with Gasteiger partial charge in [-0.2, -0.15) is 0 Å². The number of rotatable bonds is 8. The zero-order valence-corrected chi connectivity index (χ0v) is 19.8. The van der Waals surface area contributed by atoms with Crippen LogP contribution >= 0.6 is 34.7 Å². The SMILES string of the molecule is CCn1c(SCC(=O)Nc2nc(-c3ccc(OC)cc3)cs2)nnc1-c1cccc(Cl)c1. The molecule has 1 amide bonds. The molecule has 2 aromatic carbocycles. The fourth-order valence-corrected chi connectivity index (χ4v) is 4.76. The largest absolute Gasteiger partial charge is 0.497 e. The third-order valence-corrected chi connectivity index (χ3v) is 6.54. The highest BCUT2D eigenvalue weighted by Gasteiger charge is 2.15. The molecule has 0 aliphatic heterocycles. The Labute approximate surface area is 198 Å². The molecular formula is C22H20ClN5O2S2. The normalized spacial score (nSPS) is 10.8. The fourth-order valence-electron chi connectivity index (χ4n) is 3.03. The molecule has 10 heteroatoms. The molecule has 1 N–H and O–H groups in total. The van der Waals surface area contributed by atoms with Crippen LogP contribution in [0.25, 0.3) is 22.6 Å². The van der Waals surface area contributed by atoms with Crippen molar-refractivity contribution in [3.05, 3.63) is 58.9 Å². The summed E-state index contributed by atoms with van der Waals surface area (Å²) in [6.45, 7) is 2.69. The lowest BCUT2D eigenvalue weighted by Crippen LogP contribution is -2.14. The minimum atomic E-state index is -0.152. The van der Waals surface area contributed by atoms with Gasteiger partial charge in [-0.1, -0.05) is 35.5 Å². The first kappa shape index (κ1) is 22.3. The number of thiazole rings is 1. The van der Waals surface area contributed by atoms with Crippen LogP contribution in [0, 0.1) is 0 Å². The fraction of sp³-hybridized carbons (Fsp3) is 0.182. The highest BCUT2D eigenvalue weighted by Crippen LogP contribution is 2.28. The van der Waals surface area contributed by atoms with E-state index in [4.69, 9.17) is 16.3 Å². The van der Waals surface area contributed by atoms with Gasteiger partial charge in [0, 0.05) is 28.1 Å². The van der Waals surface area contributed by atoms with Gasteiger partial charge in [-0.3, -0.25) is 4.79 Å². The third-order valence-electron chi connectivity index (χ3n) is 4.58. The first-order valence-corrected chi connectivity index (χ1v) is 12.0. The molecule has 0 atom stereocenters. The van der Waals surface area contributed by atoms with Gasteiger partial charge in [-0.25, -0.2) is 4.98 Å². The lowest BCUT2D eigenvalue weighted by Gasteiger charge is -2.07. The lowest BCUT2D eigenvalue weighted by atomic mass is 10.2. The number of aromatic nitrogens is 4. The zero-order chi connectivity index (χ0) is 22.5. The molecule has 0 bridgehead atoms. The van der Waals surface area contributed by atoms with Crippen molar-refractivity contribution in [2.24, 2.45) is 0 Å². The van der Waals surface area contributed by atoms with Crippen LogP contribution in [0.5, 0.6) is 5.75 Å². The van der Waals surface area contributed by atoms with Crippen molar-refractivity contribution in [3.8, 4) is 28.4 Å². The smallest absolute Gasteiger partial charge is 0.236 e. The summed E-state index contributed by atoms with van der Waals surface area (Å²) < 4.78 is 7.15. The average Bonchev–Trinajstić information content (AvgIpc) is 3.44. The van der Waals surface area contributed by atoms with Crippen LogP contribution in [0.4, 0.5) is 5.13 Å². The lowest BCUT2D eigenvalue weighted by molar-refractivity contribution is -0.113. The number of nitrogens with zero attached hydrogens (tertiary/aromatic N) is 4. The van der Waals surface area contributed by atoms with Crippen LogP contribution in [0.2, 0.25) is 5.02 Å². The summed E-state index contributed by atoms with van der Waals surface area (Å²) in [5.74, 6) is 1.56. The van der Waals surface area contributed by atoms with Gasteiger partial charge in [0.25, 0.3) is 0 Å². The van der Waals surface area contributed by atoms with Crippen molar-refractivity contribution in [2.75, 3.05) is 18.2 Å². The number of ether oxygens (including phenoxy) is 1. The second kappa shape index (κ2) is 10.2. The third kappa shape index (κ3) is 5.12. The van der Waals surface area contributed by atoms with Gasteiger partial charge in [0.2, 0.25) is 5.91 Å². The van der Waals surface area contributed by atoms with Gasteiger partial charge in [-0.05, 0) is 43.3 Å². The topological polar surface area (TPSA) is 81.9 Å². The summed E-state index contributed by atoms with van der Waals surface area (Å²) >= 11 is 8.82. The number of benzene rings is 2. The number of thioether (sulfide) groups is 1. The zero-order valence-electron chi connectivity index (χ0n) is 17.4. The van der Waals surface area contributed by atoms with Crippen LogP contribution in [-0.2, 0) is 11.3 Å². The first-order valence-electron chi connectivity index (χ1n) is 9.79. The van der Waals surface area contributed by atoms with E-state index in [0.717, 1.165) is 28.4 Å². The molecule has 4 rings (SSSR count). The van der Waals surface area contributed by atoms with Crippen LogP contribution in [0.15, 0.2) is 59.1 Å². The molecule has 2 aromatic heterocycles. The summed E-state index contributed by atoms with van der Waals surface area (Å²) in [5, 5.41) is 15.2. The minimum absolute atomic E-state index is 0.152. The molecule has 0 radical (unpaired) electrons. The number of methoxy groups -OCH3 is 1. The number of anilines is 1. The number of amides is 1. The number of nitrogens with one attached hydrogen (secondary N) is 1. The second-order valence-corrected chi connectivity index (χ2v) is 8.90. The predicted octanol–water partition coefficient (Wildman–Crippen LogP) is 5.48. The maximum absolute atomic E-state index is 12.5. The monoisotopic (exact) mass is 485 g/mol. The van der Waals surface area contributed by atoms with E-state index in [9.17, 15) is 4.79 Å². The van der Waals surface area contributed by atoms with Crippen LogP contribution < -0.4 is 10.1 Å². The highest BCUT2D eigenvalue weighted by molar-refractivity contribution is 7.99. The molecule has 2 heterocycles. The molecule has 7 nitrogen and oxygen atoms in total. The Bertz CT molecular complexity index is 1220. The summed E-state index contributed by atoms with van der Waals surface area (Å²) in [6.07, 6.45) is 0. The van der Waals surface area contributed by atoms with Gasteiger partial charge >= 0.3 is 0 Å². The Morgan fingerprint density at radius 3 is 2.72 bits per heavy atom. The molecule has 32 heavy (non-hydrogen) atoms. The van der Waals surface area contributed by atoms with Gasteiger partial charge in [0.1, 0.15) is 5.75 Å². The van der Waals surface area contributed by atoms with Crippen molar-refractivity contribution >= 4 is 45.7 Å². The van der Waals surface area contributed by atoms with Gasteiger partial charge in [0.15, 0.2) is 16.1 Å². The van der Waals surface area contributed by atoms with E-state index >= 15 is 0 Å². The Balaban J connectivity index is 1.39. The second-order valence-electron chi connectivity index (χ2n) is 6.66. The Hall–Kier alpha value is -2.88. The van der Waals surface area contributed by atoms with E-state index in [0.29, 0.717) is 21.9 Å². The minimum Gasteiger partial charge on any atom is -0.497 e. The number of hydrogen-bond acceptors (Lipinski definition) is 7. The van der Waals surface area contributed by atoms with Crippen LogP contribution in [0.3, 0.4) is 0 Å². The molecular weight excluding hydrogens is 466 g/mol. The summed E-state index contributed by atoms with van der Waals surface area (Å²) in [5.41, 5.74) is 2.65. The van der Waals surface area contributed by atoms with Crippen molar-refractivity contribution in [1.82, 2.24) is 19.7 Å². The van der Waals surface area contributed by atoms with Crippen LogP contribution in [0.1, 0.15) is 6.92 Å². The molecule has 0 aliphatic rings. The van der Waals surface area contributed by atoms with Crippen LogP contribution in [-0.4, -0.2) is 38.5 Å². The van der Waals surface area contributed by atoms with Crippen molar-refractivity contribution < 1.29 is 9.53 Å². The number of hydrogen-bond donors (Lipinski definition) is 1. The average molecular weight is 486 g/mol. The maximum atomic E-state index is 12.5. The molecule has 0 saturated heterocycles. The molecule has 0 unspecified atom stereocenters. The number of carbonyl (C=O) groups is 1. The molecule has 0 aliphatic carbocycles. The van der Waals surface area contributed by atoms with Crippen molar-refractivity contribution in [1.29, 1.82) is 0 Å². The predicted molar refractivity (Wildman–Crippen MR) is 130 cm³/mol. The summed E-state index contributed by atoms with van der Waals surface area (Å²) in [6, 6.07) is 15.1. The van der Waals surface area contributed by atoms with Gasteiger partial charge in [-0.15, -0.1) is 21.5 Å². The summed E-state index contributed by atoms with van der Waals surface area (Å²) in [4.78, 5) is 17.0. The van der Waals surface area contributed by atoms with E-state index < -0.39 is 0 Å². The number of halogens is 1. The van der Waals surface area contributed by atoms with Gasteiger partial charge < -0.3 is 14.6 Å². The summed E-state index contributed by atoms with van der Waals surface area (Å²) in [7, 11) is 1.63. The van der Waals surface area contributed by atoms with E-state index in [1.54, 1.807) is 7.11 Å². The molecule has 0 fully saturated rings. The number of carbonyl (C=O) groups excluding carboxylic acids is 1. The maximum Gasteiger partial charge on any atom is 0.236 e. The van der Waals surface area contributed by atoms with E-state index in [1.807, 2.05) is 65.4 Å². The van der Waals surface area contributed by atoms with E-state index in [-0.39, 0.29) is 11.7 Å².